The molecule has 21 heavy (non-hydrogen) atoms. The normalized spacial score (nSPS) is 11.0. The van der Waals surface area contributed by atoms with Crippen LogP contribution in [0.2, 0.25) is 15.1 Å². The molecular weight excluding hydrogens is 355 g/mol. The van der Waals surface area contributed by atoms with E-state index in [9.17, 15) is 4.79 Å². The van der Waals surface area contributed by atoms with Gasteiger partial charge in [0.15, 0.2) is 4.96 Å². The predicted octanol–water partition coefficient (Wildman–Crippen LogP) is 4.30. The van der Waals surface area contributed by atoms with Crippen LogP contribution in [0.4, 0.5) is 0 Å². The molecule has 3 rings (SSSR count). The van der Waals surface area contributed by atoms with Gasteiger partial charge in [-0.05, 0) is 6.07 Å². The van der Waals surface area contributed by atoms with E-state index in [1.807, 2.05) is 0 Å². The number of nitrogens with zero attached hydrogens (tertiary/aromatic N) is 2. The number of aromatic nitrogens is 2. The highest BCUT2D eigenvalue weighted by molar-refractivity contribution is 7.15. The molecule has 0 amide bonds. The van der Waals surface area contributed by atoms with Crippen molar-refractivity contribution in [1.29, 1.82) is 0 Å². The largest absolute Gasteiger partial charge is 0.486 e. The summed E-state index contributed by atoms with van der Waals surface area (Å²) < 4.78 is 7.03. The van der Waals surface area contributed by atoms with Gasteiger partial charge in [-0.25, -0.2) is 4.98 Å². The highest BCUT2D eigenvalue weighted by atomic mass is 35.5. The molecule has 0 radical (unpaired) electrons. The van der Waals surface area contributed by atoms with E-state index in [0.717, 1.165) is 0 Å². The predicted molar refractivity (Wildman–Crippen MR) is 85.1 cm³/mol. The molecule has 0 aliphatic rings. The number of rotatable bonds is 3. The van der Waals surface area contributed by atoms with Crippen molar-refractivity contribution in [2.24, 2.45) is 0 Å². The molecule has 0 N–H and O–H groups in total. The van der Waals surface area contributed by atoms with Gasteiger partial charge in [0.05, 0.1) is 20.8 Å². The standard InChI is InChI=1S/C13H7Cl3N2O2S/c14-8-4-10(16)11(5-9(8)15)20-6-7-3-12(19)18-1-2-21-13(18)17-7/h1-5H,6H2. The Morgan fingerprint density at radius 3 is 2.71 bits per heavy atom. The number of fused-ring (bicyclic) bond motifs is 1. The van der Waals surface area contributed by atoms with Crippen LogP contribution < -0.4 is 10.3 Å². The third kappa shape index (κ3) is 3.01. The van der Waals surface area contributed by atoms with Gasteiger partial charge in [0.25, 0.3) is 5.56 Å². The topological polar surface area (TPSA) is 43.6 Å². The second-order valence-electron chi connectivity index (χ2n) is 4.13. The number of hydrogen-bond donors (Lipinski definition) is 0. The number of ether oxygens (including phenoxy) is 1. The lowest BCUT2D eigenvalue weighted by Crippen LogP contribution is -2.14. The van der Waals surface area contributed by atoms with Crippen LogP contribution in [0.15, 0.2) is 34.6 Å². The van der Waals surface area contributed by atoms with E-state index in [4.69, 9.17) is 39.5 Å². The zero-order valence-electron chi connectivity index (χ0n) is 10.3. The molecule has 8 heteroatoms. The lowest BCUT2D eigenvalue weighted by Gasteiger charge is -2.09. The highest BCUT2D eigenvalue weighted by Gasteiger charge is 2.09. The molecule has 4 nitrogen and oxygen atoms in total. The van der Waals surface area contributed by atoms with Gasteiger partial charge in [0.1, 0.15) is 12.4 Å². The SMILES string of the molecule is O=c1cc(COc2cc(Cl)c(Cl)cc2Cl)nc2sccn12. The average molecular weight is 362 g/mol. The molecule has 108 valence electrons. The Kier molecular flexibility index (Phi) is 4.08. The van der Waals surface area contributed by atoms with Crippen molar-refractivity contribution in [1.82, 2.24) is 9.38 Å². The summed E-state index contributed by atoms with van der Waals surface area (Å²) in [4.78, 5) is 16.8. The monoisotopic (exact) mass is 360 g/mol. The summed E-state index contributed by atoms with van der Waals surface area (Å²) in [7, 11) is 0. The summed E-state index contributed by atoms with van der Waals surface area (Å²) in [5.74, 6) is 0.388. The maximum absolute atomic E-state index is 11.8. The Bertz CT molecular complexity index is 875. The first-order chi connectivity index (χ1) is 10.0. The van der Waals surface area contributed by atoms with Crippen molar-refractivity contribution in [2.75, 3.05) is 0 Å². The van der Waals surface area contributed by atoms with Crippen LogP contribution in [-0.4, -0.2) is 9.38 Å². The first-order valence-electron chi connectivity index (χ1n) is 5.78. The van der Waals surface area contributed by atoms with Crippen LogP contribution in [0, 0.1) is 0 Å². The van der Waals surface area contributed by atoms with Crippen LogP contribution in [-0.2, 0) is 6.61 Å². The minimum absolute atomic E-state index is 0.112. The lowest BCUT2D eigenvalue weighted by atomic mass is 10.3. The van der Waals surface area contributed by atoms with E-state index in [1.54, 1.807) is 11.6 Å². The second-order valence-corrected chi connectivity index (χ2v) is 6.22. The van der Waals surface area contributed by atoms with Crippen molar-refractivity contribution in [2.45, 2.75) is 6.61 Å². The molecule has 0 atom stereocenters. The smallest absolute Gasteiger partial charge is 0.258 e. The van der Waals surface area contributed by atoms with Gasteiger partial charge in [-0.15, -0.1) is 11.3 Å². The molecule has 2 aromatic heterocycles. The summed E-state index contributed by atoms with van der Waals surface area (Å²) in [6.45, 7) is 0.112. The number of halogens is 3. The number of hydrogen-bond acceptors (Lipinski definition) is 4. The minimum Gasteiger partial charge on any atom is -0.486 e. The van der Waals surface area contributed by atoms with Crippen molar-refractivity contribution in [3.63, 3.8) is 0 Å². The average Bonchev–Trinajstić information content (AvgIpc) is 2.90. The van der Waals surface area contributed by atoms with E-state index >= 15 is 0 Å². The van der Waals surface area contributed by atoms with Crippen LogP contribution in [0.25, 0.3) is 4.96 Å². The molecule has 0 unspecified atom stereocenters. The fraction of sp³-hybridized carbons (Fsp3) is 0.0769. The quantitative estimate of drug-likeness (QED) is 0.653. The third-order valence-electron chi connectivity index (χ3n) is 2.71. The number of benzene rings is 1. The van der Waals surface area contributed by atoms with Gasteiger partial charge < -0.3 is 4.74 Å². The maximum Gasteiger partial charge on any atom is 0.258 e. The Hall–Kier alpha value is -1.27. The van der Waals surface area contributed by atoms with Crippen molar-refractivity contribution >= 4 is 51.1 Å². The zero-order valence-corrected chi connectivity index (χ0v) is 13.4. The summed E-state index contributed by atoms with van der Waals surface area (Å²) >= 11 is 19.2. The van der Waals surface area contributed by atoms with Crippen LogP contribution in [0.1, 0.15) is 5.69 Å². The van der Waals surface area contributed by atoms with E-state index < -0.39 is 0 Å². The number of thiazole rings is 1. The molecule has 0 saturated heterocycles. The Labute approximate surface area is 138 Å². The Balaban J connectivity index is 1.86. The van der Waals surface area contributed by atoms with Gasteiger partial charge in [0, 0.05) is 23.7 Å². The first-order valence-corrected chi connectivity index (χ1v) is 7.79. The minimum atomic E-state index is -0.153. The van der Waals surface area contributed by atoms with Gasteiger partial charge >= 0.3 is 0 Å². The van der Waals surface area contributed by atoms with Crippen LogP contribution >= 0.6 is 46.1 Å². The molecule has 2 heterocycles. The molecule has 0 fully saturated rings. The maximum atomic E-state index is 11.8. The highest BCUT2D eigenvalue weighted by Crippen LogP contribution is 2.34. The molecule has 0 aliphatic carbocycles. The van der Waals surface area contributed by atoms with Crippen molar-refractivity contribution < 1.29 is 4.74 Å². The van der Waals surface area contributed by atoms with Crippen LogP contribution in [0.5, 0.6) is 5.75 Å². The Morgan fingerprint density at radius 2 is 1.90 bits per heavy atom. The van der Waals surface area contributed by atoms with E-state index in [2.05, 4.69) is 4.98 Å². The summed E-state index contributed by atoms with van der Waals surface area (Å²) in [6, 6.07) is 4.46. The van der Waals surface area contributed by atoms with Crippen molar-refractivity contribution in [3.8, 4) is 5.75 Å². The molecule has 0 saturated carbocycles. The molecular formula is C13H7Cl3N2O2S. The molecule has 0 bridgehead atoms. The van der Waals surface area contributed by atoms with Gasteiger partial charge in [-0.1, -0.05) is 34.8 Å². The summed E-state index contributed by atoms with van der Waals surface area (Å²) in [5.41, 5.74) is 0.365. The summed E-state index contributed by atoms with van der Waals surface area (Å²) in [6.07, 6.45) is 1.68. The molecule has 0 aliphatic heterocycles. The van der Waals surface area contributed by atoms with Gasteiger partial charge in [-0.3, -0.25) is 9.20 Å². The van der Waals surface area contributed by atoms with Crippen molar-refractivity contribution in [3.05, 3.63) is 60.9 Å². The van der Waals surface area contributed by atoms with E-state index in [-0.39, 0.29) is 12.2 Å². The third-order valence-corrected chi connectivity index (χ3v) is 4.48. The van der Waals surface area contributed by atoms with E-state index in [1.165, 1.54) is 33.9 Å². The molecule has 3 aromatic rings. The van der Waals surface area contributed by atoms with Crippen LogP contribution in [0.3, 0.4) is 0 Å². The fourth-order valence-electron chi connectivity index (χ4n) is 1.73. The lowest BCUT2D eigenvalue weighted by molar-refractivity contribution is 0.301. The van der Waals surface area contributed by atoms with E-state index in [0.29, 0.717) is 31.5 Å². The fourth-order valence-corrected chi connectivity index (χ4v) is 3.06. The zero-order chi connectivity index (χ0) is 15.0. The Morgan fingerprint density at radius 1 is 1.14 bits per heavy atom. The summed E-state index contributed by atoms with van der Waals surface area (Å²) in [5, 5.41) is 2.84. The van der Waals surface area contributed by atoms with Gasteiger partial charge in [0.2, 0.25) is 0 Å². The second kappa shape index (κ2) is 5.85. The first kappa shape index (κ1) is 14.7. The van der Waals surface area contributed by atoms with Gasteiger partial charge in [-0.2, -0.15) is 0 Å². The molecule has 1 aromatic carbocycles. The molecule has 0 spiro atoms.